The zero-order chi connectivity index (χ0) is 35.0. The van der Waals surface area contributed by atoms with Gasteiger partial charge in [-0.05, 0) is 116 Å². The molecule has 3 heteroatoms. The number of hydrogen-bond acceptors (Lipinski definition) is 3. The number of benzene rings is 6. The van der Waals surface area contributed by atoms with E-state index in [1.807, 2.05) is 12.1 Å². The van der Waals surface area contributed by atoms with Gasteiger partial charge in [0, 0.05) is 29.9 Å². The van der Waals surface area contributed by atoms with Crippen LogP contribution in [0.5, 0.6) is 0 Å². The Balaban J connectivity index is 1.11. The van der Waals surface area contributed by atoms with Crippen LogP contribution in [0.1, 0.15) is 37.8 Å². The number of fused-ring (bicyclic) bond motifs is 6. The van der Waals surface area contributed by atoms with Crippen LogP contribution in [0.15, 0.2) is 191 Å². The average molecular weight is 668 g/mol. The van der Waals surface area contributed by atoms with Crippen LogP contribution in [-0.4, -0.2) is 16.5 Å². The van der Waals surface area contributed by atoms with Crippen molar-refractivity contribution in [3.8, 4) is 22.3 Å². The van der Waals surface area contributed by atoms with Gasteiger partial charge in [0.15, 0.2) is 5.84 Å². The zero-order valence-electron chi connectivity index (χ0n) is 29.3. The zero-order valence-corrected chi connectivity index (χ0v) is 29.3. The van der Waals surface area contributed by atoms with Crippen molar-refractivity contribution in [3.05, 3.63) is 192 Å². The summed E-state index contributed by atoms with van der Waals surface area (Å²) in [5.74, 6) is 0.701. The van der Waals surface area contributed by atoms with Gasteiger partial charge in [-0.25, -0.2) is 9.98 Å². The summed E-state index contributed by atoms with van der Waals surface area (Å²) in [7, 11) is 0. The number of rotatable bonds is 5. The third-order valence-corrected chi connectivity index (χ3v) is 10.3. The molecule has 0 unspecified atom stereocenters. The minimum absolute atomic E-state index is 0.701. The minimum Gasteiger partial charge on any atom is -0.265 e. The van der Waals surface area contributed by atoms with Crippen molar-refractivity contribution in [2.24, 2.45) is 9.98 Å². The SMILES string of the molecule is CC1=CC=C(C2=NC(c3ccncc3)=NC(c3cccc(-c4cccc(-c5ccc6c7ccccc7c7ccccc7c6c5)c4)c3)=C(C)C2)C=CC1. The van der Waals surface area contributed by atoms with Gasteiger partial charge in [0.25, 0.3) is 0 Å². The molecule has 52 heavy (non-hydrogen) atoms. The Morgan fingerprint density at radius 2 is 1.06 bits per heavy atom. The molecule has 9 rings (SSSR count). The van der Waals surface area contributed by atoms with Crippen molar-refractivity contribution in [1.29, 1.82) is 0 Å². The maximum atomic E-state index is 5.27. The van der Waals surface area contributed by atoms with E-state index in [9.17, 15) is 0 Å². The van der Waals surface area contributed by atoms with Crippen molar-refractivity contribution in [3.63, 3.8) is 0 Å². The van der Waals surface area contributed by atoms with Crippen LogP contribution in [0, 0.1) is 0 Å². The summed E-state index contributed by atoms with van der Waals surface area (Å²) in [6.07, 6.45) is 14.1. The lowest BCUT2D eigenvalue weighted by atomic mass is 9.91. The molecule has 2 heterocycles. The van der Waals surface area contributed by atoms with Crippen molar-refractivity contribution in [2.75, 3.05) is 0 Å². The first-order valence-corrected chi connectivity index (χ1v) is 17.9. The van der Waals surface area contributed by atoms with E-state index in [4.69, 9.17) is 9.98 Å². The molecule has 0 atom stereocenters. The lowest BCUT2D eigenvalue weighted by Gasteiger charge is -2.13. The first-order valence-electron chi connectivity index (χ1n) is 17.9. The molecule has 248 valence electrons. The largest absolute Gasteiger partial charge is 0.265 e. The highest BCUT2D eigenvalue weighted by molar-refractivity contribution is 6.25. The Bertz CT molecular complexity index is 2700. The Kier molecular flexibility index (Phi) is 8.09. The smallest absolute Gasteiger partial charge is 0.160 e. The summed E-state index contributed by atoms with van der Waals surface area (Å²) in [4.78, 5) is 14.7. The van der Waals surface area contributed by atoms with E-state index in [-0.39, 0.29) is 0 Å². The summed E-state index contributed by atoms with van der Waals surface area (Å²) in [6.45, 7) is 4.35. The summed E-state index contributed by atoms with van der Waals surface area (Å²) in [5, 5.41) is 7.72. The molecule has 0 radical (unpaired) electrons. The van der Waals surface area contributed by atoms with E-state index in [0.29, 0.717) is 12.3 Å². The van der Waals surface area contributed by atoms with Crippen molar-refractivity contribution in [1.82, 2.24) is 4.98 Å². The quantitative estimate of drug-likeness (QED) is 0.168. The number of allylic oxidation sites excluding steroid dienone is 7. The molecule has 1 aliphatic heterocycles. The van der Waals surface area contributed by atoms with Crippen LogP contribution in [-0.2, 0) is 0 Å². The Morgan fingerprint density at radius 1 is 0.481 bits per heavy atom. The standard InChI is InChI=1S/C49H37N3/c1-32-10-7-11-34(21-20-32)47-28-33(2)48(52-49(51-47)35-24-26-50-27-25-35)40-15-9-14-38(30-40)36-12-8-13-37(29-36)39-22-23-45-43-18-4-3-16-41(43)42-17-5-6-19-44(42)46(45)31-39/h3-9,11-27,29-31H,10,28H2,1-2H3. The monoisotopic (exact) mass is 667 g/mol. The summed E-state index contributed by atoms with van der Waals surface area (Å²) in [5.41, 5.74) is 12.4. The number of aliphatic imine (C=N–C) groups is 2. The number of nitrogens with zero attached hydrogens (tertiary/aromatic N) is 3. The van der Waals surface area contributed by atoms with Gasteiger partial charge in [-0.3, -0.25) is 4.98 Å². The van der Waals surface area contributed by atoms with E-state index in [2.05, 4.69) is 158 Å². The normalized spacial score (nSPS) is 14.9. The second kappa shape index (κ2) is 13.4. The molecule has 0 saturated heterocycles. The van der Waals surface area contributed by atoms with Gasteiger partial charge in [0.05, 0.1) is 11.4 Å². The van der Waals surface area contributed by atoms with Gasteiger partial charge in [-0.2, -0.15) is 0 Å². The molecule has 3 nitrogen and oxygen atoms in total. The molecule has 0 fully saturated rings. The molecular formula is C49H37N3. The molecular weight excluding hydrogens is 631 g/mol. The van der Waals surface area contributed by atoms with E-state index in [0.717, 1.165) is 40.1 Å². The fourth-order valence-corrected chi connectivity index (χ4v) is 7.57. The van der Waals surface area contributed by atoms with Gasteiger partial charge in [-0.1, -0.05) is 127 Å². The van der Waals surface area contributed by atoms with Crippen LogP contribution in [0.2, 0.25) is 0 Å². The van der Waals surface area contributed by atoms with Gasteiger partial charge >= 0.3 is 0 Å². The first kappa shape index (κ1) is 31.5. The summed E-state index contributed by atoms with van der Waals surface area (Å²) in [6, 6.07) is 46.1. The van der Waals surface area contributed by atoms with Gasteiger partial charge in [-0.15, -0.1) is 0 Å². The molecule has 0 spiro atoms. The number of amidine groups is 1. The molecule has 1 aliphatic carbocycles. The van der Waals surface area contributed by atoms with Crippen molar-refractivity contribution < 1.29 is 0 Å². The second-order valence-electron chi connectivity index (χ2n) is 13.8. The predicted octanol–water partition coefficient (Wildman–Crippen LogP) is 12.7. The number of pyridine rings is 1. The van der Waals surface area contributed by atoms with E-state index in [1.54, 1.807) is 12.4 Å². The highest BCUT2D eigenvalue weighted by atomic mass is 14.9. The highest BCUT2D eigenvalue weighted by Crippen LogP contribution is 2.38. The molecule has 0 amide bonds. The third kappa shape index (κ3) is 5.91. The van der Waals surface area contributed by atoms with Gasteiger partial charge in [0.1, 0.15) is 0 Å². The Labute approximate surface area is 304 Å². The molecule has 6 aromatic carbocycles. The maximum Gasteiger partial charge on any atom is 0.160 e. The molecule has 0 N–H and O–H groups in total. The molecule has 1 aromatic heterocycles. The first-order chi connectivity index (χ1) is 25.6. The summed E-state index contributed by atoms with van der Waals surface area (Å²) >= 11 is 0. The predicted molar refractivity (Wildman–Crippen MR) is 221 cm³/mol. The molecule has 0 saturated carbocycles. The highest BCUT2D eigenvalue weighted by Gasteiger charge is 2.19. The van der Waals surface area contributed by atoms with Crippen LogP contribution in [0.25, 0.3) is 60.3 Å². The van der Waals surface area contributed by atoms with E-state index >= 15 is 0 Å². The van der Waals surface area contributed by atoms with Gasteiger partial charge < -0.3 is 0 Å². The fraction of sp³-hybridized carbons (Fsp3) is 0.0816. The van der Waals surface area contributed by atoms with E-state index in [1.165, 1.54) is 60.2 Å². The lowest BCUT2D eigenvalue weighted by Crippen LogP contribution is -2.06. The Morgan fingerprint density at radius 3 is 1.73 bits per heavy atom. The van der Waals surface area contributed by atoms with Crippen molar-refractivity contribution in [2.45, 2.75) is 26.7 Å². The van der Waals surface area contributed by atoms with Crippen LogP contribution < -0.4 is 0 Å². The van der Waals surface area contributed by atoms with Crippen LogP contribution in [0.3, 0.4) is 0 Å². The minimum atomic E-state index is 0.701. The maximum absolute atomic E-state index is 5.27. The number of aromatic nitrogens is 1. The fourth-order valence-electron chi connectivity index (χ4n) is 7.57. The van der Waals surface area contributed by atoms with Crippen molar-refractivity contribution >= 4 is 49.6 Å². The average Bonchev–Trinajstić information content (AvgIpc) is 3.53. The molecule has 2 aliphatic rings. The second-order valence-corrected chi connectivity index (χ2v) is 13.8. The van der Waals surface area contributed by atoms with Crippen LogP contribution >= 0.6 is 0 Å². The van der Waals surface area contributed by atoms with E-state index < -0.39 is 0 Å². The van der Waals surface area contributed by atoms with Gasteiger partial charge in [0.2, 0.25) is 0 Å². The lowest BCUT2D eigenvalue weighted by molar-refractivity contribution is 1.22. The summed E-state index contributed by atoms with van der Waals surface area (Å²) < 4.78 is 0. The third-order valence-electron chi connectivity index (χ3n) is 10.3. The molecule has 0 bridgehead atoms. The number of hydrogen-bond donors (Lipinski definition) is 0. The molecule has 7 aromatic rings. The Hall–Kier alpha value is -6.45. The topological polar surface area (TPSA) is 37.6 Å². The van der Waals surface area contributed by atoms with Crippen LogP contribution in [0.4, 0.5) is 0 Å².